The third kappa shape index (κ3) is 4.67. The van der Waals surface area contributed by atoms with Gasteiger partial charge in [0.05, 0.1) is 6.20 Å². The van der Waals surface area contributed by atoms with E-state index in [0.29, 0.717) is 18.4 Å². The Morgan fingerprint density at radius 3 is 2.48 bits per heavy atom. The predicted octanol–water partition coefficient (Wildman–Crippen LogP) is 3.59. The predicted molar refractivity (Wildman–Crippen MR) is 85.9 cm³/mol. The fourth-order valence-corrected chi connectivity index (χ4v) is 3.09. The topological polar surface area (TPSA) is 28.2 Å². The van der Waals surface area contributed by atoms with Crippen LogP contribution in [0.4, 0.5) is 10.2 Å². The Labute approximate surface area is 127 Å². The molecule has 4 heteroatoms. The van der Waals surface area contributed by atoms with Crippen LogP contribution in [0.5, 0.6) is 0 Å². The zero-order valence-electron chi connectivity index (χ0n) is 13.9. The summed E-state index contributed by atoms with van der Waals surface area (Å²) < 4.78 is 13.6. The standard InChI is InChI=1S/C17H28FN3/c1-12-6-13(2)11-21(10-12)16-14(7-15(18)9-19-16)8-20-17(3,4)5/h7,9,12-13,20H,6,8,10-11H2,1-5H3. The van der Waals surface area contributed by atoms with E-state index in [0.717, 1.165) is 24.5 Å². The van der Waals surface area contributed by atoms with Crippen molar-refractivity contribution >= 4 is 5.82 Å². The second kappa shape index (κ2) is 6.30. The molecule has 1 aromatic rings. The molecule has 0 bridgehead atoms. The van der Waals surface area contributed by atoms with Crippen LogP contribution in [0.3, 0.4) is 0 Å². The SMILES string of the molecule is CC1CC(C)CN(c2ncc(F)cc2CNC(C)(C)C)C1. The molecule has 3 nitrogen and oxygen atoms in total. The summed E-state index contributed by atoms with van der Waals surface area (Å²) in [5.41, 5.74) is 0.956. The molecule has 1 saturated heterocycles. The van der Waals surface area contributed by atoms with Gasteiger partial charge in [-0.25, -0.2) is 9.37 Å². The zero-order chi connectivity index (χ0) is 15.6. The number of hydrogen-bond donors (Lipinski definition) is 1. The molecular formula is C17H28FN3. The van der Waals surface area contributed by atoms with Crippen molar-refractivity contribution in [3.8, 4) is 0 Å². The highest BCUT2D eigenvalue weighted by atomic mass is 19.1. The van der Waals surface area contributed by atoms with E-state index < -0.39 is 0 Å². The smallest absolute Gasteiger partial charge is 0.141 e. The van der Waals surface area contributed by atoms with Crippen LogP contribution in [-0.4, -0.2) is 23.6 Å². The van der Waals surface area contributed by atoms with Crippen molar-refractivity contribution in [1.82, 2.24) is 10.3 Å². The molecule has 21 heavy (non-hydrogen) atoms. The van der Waals surface area contributed by atoms with Crippen molar-refractivity contribution in [1.29, 1.82) is 0 Å². The lowest BCUT2D eigenvalue weighted by Gasteiger charge is -2.37. The zero-order valence-corrected chi connectivity index (χ0v) is 13.9. The Hall–Kier alpha value is -1.16. The number of nitrogens with one attached hydrogen (secondary N) is 1. The van der Waals surface area contributed by atoms with Crippen molar-refractivity contribution in [3.63, 3.8) is 0 Å². The summed E-state index contributed by atoms with van der Waals surface area (Å²) in [4.78, 5) is 6.70. The van der Waals surface area contributed by atoms with Gasteiger partial charge in [0.2, 0.25) is 0 Å². The van der Waals surface area contributed by atoms with E-state index in [4.69, 9.17) is 0 Å². The molecule has 1 aromatic heterocycles. The van der Waals surface area contributed by atoms with E-state index in [-0.39, 0.29) is 11.4 Å². The van der Waals surface area contributed by atoms with Gasteiger partial charge in [-0.05, 0) is 45.1 Å². The van der Waals surface area contributed by atoms with Gasteiger partial charge < -0.3 is 10.2 Å². The van der Waals surface area contributed by atoms with Gasteiger partial charge in [0.25, 0.3) is 0 Å². The number of aromatic nitrogens is 1. The van der Waals surface area contributed by atoms with Gasteiger partial charge in [0.1, 0.15) is 11.6 Å². The fraction of sp³-hybridized carbons (Fsp3) is 0.706. The van der Waals surface area contributed by atoms with E-state index >= 15 is 0 Å². The maximum absolute atomic E-state index is 13.6. The Kier molecular flexibility index (Phi) is 4.87. The van der Waals surface area contributed by atoms with E-state index in [9.17, 15) is 4.39 Å². The van der Waals surface area contributed by atoms with Crippen LogP contribution in [0.25, 0.3) is 0 Å². The molecule has 1 fully saturated rings. The molecule has 0 saturated carbocycles. The first kappa shape index (κ1) is 16.2. The first-order valence-corrected chi connectivity index (χ1v) is 7.89. The second-order valence-corrected chi connectivity index (χ2v) is 7.59. The monoisotopic (exact) mass is 293 g/mol. The summed E-state index contributed by atoms with van der Waals surface area (Å²) in [6, 6.07) is 1.62. The maximum Gasteiger partial charge on any atom is 0.141 e. The number of nitrogens with zero attached hydrogens (tertiary/aromatic N) is 2. The van der Waals surface area contributed by atoms with Crippen LogP contribution in [0, 0.1) is 17.7 Å². The average molecular weight is 293 g/mol. The highest BCUT2D eigenvalue weighted by molar-refractivity contribution is 5.47. The fourth-order valence-electron chi connectivity index (χ4n) is 3.09. The van der Waals surface area contributed by atoms with Crippen LogP contribution >= 0.6 is 0 Å². The quantitative estimate of drug-likeness (QED) is 0.923. The molecule has 118 valence electrons. The molecule has 1 aliphatic heterocycles. The molecule has 0 spiro atoms. The number of hydrogen-bond acceptors (Lipinski definition) is 3. The Bertz CT molecular complexity index is 471. The number of anilines is 1. The minimum absolute atomic E-state index is 0.00602. The van der Waals surface area contributed by atoms with Crippen LogP contribution < -0.4 is 10.2 Å². The number of halogens is 1. The van der Waals surface area contributed by atoms with E-state index in [1.807, 2.05) is 0 Å². The Morgan fingerprint density at radius 1 is 1.29 bits per heavy atom. The minimum Gasteiger partial charge on any atom is -0.356 e. The minimum atomic E-state index is -0.262. The van der Waals surface area contributed by atoms with Crippen molar-refractivity contribution in [2.75, 3.05) is 18.0 Å². The summed E-state index contributed by atoms with van der Waals surface area (Å²) in [5, 5.41) is 3.43. The van der Waals surface area contributed by atoms with Crippen molar-refractivity contribution in [3.05, 3.63) is 23.6 Å². The number of rotatable bonds is 3. The molecular weight excluding hydrogens is 265 g/mol. The summed E-state index contributed by atoms with van der Waals surface area (Å²) >= 11 is 0. The lowest BCUT2D eigenvalue weighted by atomic mass is 9.91. The van der Waals surface area contributed by atoms with Crippen LogP contribution in [-0.2, 0) is 6.54 Å². The third-order valence-corrected chi connectivity index (χ3v) is 3.89. The summed E-state index contributed by atoms with van der Waals surface area (Å²) in [6.07, 6.45) is 2.59. The van der Waals surface area contributed by atoms with Gasteiger partial charge in [-0.2, -0.15) is 0 Å². The number of piperidine rings is 1. The molecule has 2 rings (SSSR count). The highest BCUT2D eigenvalue weighted by Crippen LogP contribution is 2.27. The van der Waals surface area contributed by atoms with Gasteiger partial charge in [-0.1, -0.05) is 13.8 Å². The van der Waals surface area contributed by atoms with E-state index in [1.54, 1.807) is 6.07 Å². The lowest BCUT2D eigenvalue weighted by Crippen LogP contribution is -2.41. The normalized spacial score (nSPS) is 23.4. The summed E-state index contributed by atoms with van der Waals surface area (Å²) in [6.45, 7) is 13.6. The Balaban J connectivity index is 2.21. The largest absolute Gasteiger partial charge is 0.356 e. The van der Waals surface area contributed by atoms with Crippen LogP contribution in [0.1, 0.15) is 46.6 Å². The summed E-state index contributed by atoms with van der Waals surface area (Å²) in [7, 11) is 0. The molecule has 0 amide bonds. The van der Waals surface area contributed by atoms with Crippen LogP contribution in [0.15, 0.2) is 12.3 Å². The highest BCUT2D eigenvalue weighted by Gasteiger charge is 2.25. The molecule has 0 aromatic carbocycles. The molecule has 1 aliphatic rings. The van der Waals surface area contributed by atoms with E-state index in [2.05, 4.69) is 49.8 Å². The Morgan fingerprint density at radius 2 is 1.90 bits per heavy atom. The maximum atomic E-state index is 13.6. The van der Waals surface area contributed by atoms with Gasteiger partial charge >= 0.3 is 0 Å². The molecule has 0 radical (unpaired) electrons. The van der Waals surface area contributed by atoms with Crippen molar-refractivity contribution < 1.29 is 4.39 Å². The van der Waals surface area contributed by atoms with Gasteiger partial charge in [-0.15, -0.1) is 0 Å². The van der Waals surface area contributed by atoms with Gasteiger partial charge in [0, 0.05) is 30.7 Å². The average Bonchev–Trinajstić information content (AvgIpc) is 2.34. The van der Waals surface area contributed by atoms with Gasteiger partial charge in [-0.3, -0.25) is 0 Å². The number of pyridine rings is 1. The van der Waals surface area contributed by atoms with Crippen molar-refractivity contribution in [2.45, 2.75) is 53.1 Å². The van der Waals surface area contributed by atoms with Gasteiger partial charge in [0.15, 0.2) is 0 Å². The van der Waals surface area contributed by atoms with Crippen molar-refractivity contribution in [2.24, 2.45) is 11.8 Å². The van der Waals surface area contributed by atoms with Crippen LogP contribution in [0.2, 0.25) is 0 Å². The van der Waals surface area contributed by atoms with E-state index in [1.165, 1.54) is 12.6 Å². The lowest BCUT2D eigenvalue weighted by molar-refractivity contribution is 0.354. The molecule has 0 aliphatic carbocycles. The summed E-state index contributed by atoms with van der Waals surface area (Å²) in [5.74, 6) is 1.99. The molecule has 2 atom stereocenters. The third-order valence-electron chi connectivity index (χ3n) is 3.89. The molecule has 2 unspecified atom stereocenters. The second-order valence-electron chi connectivity index (χ2n) is 7.59. The first-order chi connectivity index (χ1) is 9.74. The molecule has 1 N–H and O–H groups in total. The first-order valence-electron chi connectivity index (χ1n) is 7.89. The molecule has 2 heterocycles.